The third-order valence-corrected chi connectivity index (χ3v) is 3.93. The van der Waals surface area contributed by atoms with Crippen molar-refractivity contribution in [1.82, 2.24) is 5.32 Å². The number of nitrogens with one attached hydrogen (secondary N) is 1. The van der Waals surface area contributed by atoms with Crippen molar-refractivity contribution >= 4 is 5.69 Å². The fourth-order valence-electron chi connectivity index (χ4n) is 2.68. The van der Waals surface area contributed by atoms with Crippen LogP contribution in [-0.2, 0) is 4.74 Å². The molecule has 4 heteroatoms. The molecular formula is C16H25FN2O. The number of hydrogen-bond acceptors (Lipinski definition) is 3. The molecule has 0 bridgehead atoms. The molecule has 1 fully saturated rings. The summed E-state index contributed by atoms with van der Waals surface area (Å²) in [6.07, 6.45) is 2.25. The number of rotatable bonds is 7. The third-order valence-electron chi connectivity index (χ3n) is 3.93. The number of anilines is 1. The normalized spacial score (nSPS) is 20.1. The Hall–Kier alpha value is -1.13. The second kappa shape index (κ2) is 7.60. The summed E-state index contributed by atoms with van der Waals surface area (Å²) in [6.45, 7) is 5.84. The Labute approximate surface area is 121 Å². The van der Waals surface area contributed by atoms with Crippen LogP contribution in [0.25, 0.3) is 0 Å². The number of nitrogens with zero attached hydrogens (tertiary/aromatic N) is 1. The van der Waals surface area contributed by atoms with E-state index in [1.54, 1.807) is 0 Å². The molecule has 0 saturated carbocycles. The average molecular weight is 280 g/mol. The molecule has 1 aromatic rings. The van der Waals surface area contributed by atoms with Crippen molar-refractivity contribution in [2.45, 2.75) is 25.8 Å². The molecule has 2 unspecified atom stereocenters. The zero-order valence-electron chi connectivity index (χ0n) is 12.4. The van der Waals surface area contributed by atoms with Crippen LogP contribution in [0.2, 0.25) is 0 Å². The van der Waals surface area contributed by atoms with Crippen LogP contribution in [0.4, 0.5) is 10.1 Å². The van der Waals surface area contributed by atoms with Gasteiger partial charge in [0.1, 0.15) is 5.82 Å². The summed E-state index contributed by atoms with van der Waals surface area (Å²) in [6, 6.07) is 7.11. The minimum Gasteiger partial charge on any atom is -0.381 e. The standard InChI is InChI=1S/C16H25FN2O/c1-3-9-18-16(13-8-10-20-12-13)11-19(2)15-6-4-14(17)5-7-15/h4-7,13,16,18H,3,8-12H2,1-2H3. The van der Waals surface area contributed by atoms with Crippen LogP contribution >= 0.6 is 0 Å². The first kappa shape index (κ1) is 15.3. The summed E-state index contributed by atoms with van der Waals surface area (Å²) < 4.78 is 18.5. The van der Waals surface area contributed by atoms with Gasteiger partial charge in [0.15, 0.2) is 0 Å². The average Bonchev–Trinajstić information content (AvgIpc) is 2.98. The Kier molecular flexibility index (Phi) is 5.80. The molecule has 0 radical (unpaired) electrons. The lowest BCUT2D eigenvalue weighted by atomic mass is 9.98. The van der Waals surface area contributed by atoms with E-state index in [9.17, 15) is 4.39 Å². The predicted octanol–water partition coefficient (Wildman–Crippen LogP) is 2.67. The summed E-state index contributed by atoms with van der Waals surface area (Å²) in [4.78, 5) is 2.19. The molecular weight excluding hydrogens is 255 g/mol. The van der Waals surface area contributed by atoms with Crippen LogP contribution in [0.5, 0.6) is 0 Å². The fraction of sp³-hybridized carbons (Fsp3) is 0.625. The van der Waals surface area contributed by atoms with E-state index in [1.807, 2.05) is 12.1 Å². The van der Waals surface area contributed by atoms with Gasteiger partial charge in [-0.25, -0.2) is 4.39 Å². The van der Waals surface area contributed by atoms with Gasteiger partial charge in [0.25, 0.3) is 0 Å². The molecule has 0 aromatic heterocycles. The van der Waals surface area contributed by atoms with Crippen LogP contribution in [0.1, 0.15) is 19.8 Å². The Bertz CT molecular complexity index is 390. The van der Waals surface area contributed by atoms with Crippen molar-refractivity contribution in [3.8, 4) is 0 Å². The lowest BCUT2D eigenvalue weighted by Gasteiger charge is -2.30. The maximum absolute atomic E-state index is 13.0. The monoisotopic (exact) mass is 280 g/mol. The highest BCUT2D eigenvalue weighted by Gasteiger charge is 2.26. The minimum atomic E-state index is -0.188. The zero-order chi connectivity index (χ0) is 14.4. The van der Waals surface area contributed by atoms with Crippen molar-refractivity contribution in [3.63, 3.8) is 0 Å². The van der Waals surface area contributed by atoms with E-state index in [4.69, 9.17) is 4.74 Å². The molecule has 20 heavy (non-hydrogen) atoms. The van der Waals surface area contributed by atoms with Crippen LogP contribution in [0.3, 0.4) is 0 Å². The largest absolute Gasteiger partial charge is 0.381 e. The van der Waals surface area contributed by atoms with E-state index in [0.717, 1.165) is 44.8 Å². The predicted molar refractivity (Wildman–Crippen MR) is 80.7 cm³/mol. The minimum absolute atomic E-state index is 0.188. The molecule has 112 valence electrons. The third kappa shape index (κ3) is 4.18. The van der Waals surface area contributed by atoms with Gasteiger partial charge < -0.3 is 15.0 Å². The molecule has 0 amide bonds. The van der Waals surface area contributed by atoms with Crippen LogP contribution in [-0.4, -0.2) is 39.4 Å². The Morgan fingerprint density at radius 2 is 2.15 bits per heavy atom. The van der Waals surface area contributed by atoms with Gasteiger partial charge >= 0.3 is 0 Å². The highest BCUT2D eigenvalue weighted by Crippen LogP contribution is 2.20. The van der Waals surface area contributed by atoms with E-state index < -0.39 is 0 Å². The molecule has 1 aliphatic heterocycles. The van der Waals surface area contributed by atoms with Crippen molar-refractivity contribution in [1.29, 1.82) is 0 Å². The molecule has 0 aliphatic carbocycles. The second-order valence-corrected chi connectivity index (χ2v) is 5.54. The summed E-state index contributed by atoms with van der Waals surface area (Å²) in [7, 11) is 2.06. The van der Waals surface area contributed by atoms with E-state index in [2.05, 4.69) is 24.2 Å². The number of likely N-dealkylation sites (N-methyl/N-ethyl adjacent to an activating group) is 1. The number of hydrogen-bond donors (Lipinski definition) is 1. The van der Waals surface area contributed by atoms with Gasteiger partial charge in [-0.2, -0.15) is 0 Å². The summed E-state index contributed by atoms with van der Waals surface area (Å²) in [5.41, 5.74) is 1.05. The molecule has 1 saturated heterocycles. The molecule has 1 N–H and O–H groups in total. The highest BCUT2D eigenvalue weighted by atomic mass is 19.1. The zero-order valence-corrected chi connectivity index (χ0v) is 12.4. The van der Waals surface area contributed by atoms with E-state index in [-0.39, 0.29) is 5.82 Å². The number of ether oxygens (including phenoxy) is 1. The van der Waals surface area contributed by atoms with Crippen molar-refractivity contribution < 1.29 is 9.13 Å². The first-order valence-electron chi connectivity index (χ1n) is 7.48. The maximum Gasteiger partial charge on any atom is 0.123 e. The van der Waals surface area contributed by atoms with Gasteiger partial charge in [0.05, 0.1) is 6.61 Å². The van der Waals surface area contributed by atoms with Crippen LogP contribution < -0.4 is 10.2 Å². The lowest BCUT2D eigenvalue weighted by Crippen LogP contribution is -2.45. The Morgan fingerprint density at radius 1 is 1.40 bits per heavy atom. The SMILES string of the molecule is CCCNC(CN(C)c1ccc(F)cc1)C1CCOC1. The number of halogens is 1. The maximum atomic E-state index is 13.0. The summed E-state index contributed by atoms with van der Waals surface area (Å²) >= 11 is 0. The van der Waals surface area contributed by atoms with Crippen molar-refractivity contribution in [2.75, 3.05) is 38.3 Å². The Balaban J connectivity index is 1.96. The molecule has 2 atom stereocenters. The fourth-order valence-corrected chi connectivity index (χ4v) is 2.68. The van der Waals surface area contributed by atoms with Gasteiger partial charge in [-0.3, -0.25) is 0 Å². The van der Waals surface area contributed by atoms with Gasteiger partial charge in [-0.15, -0.1) is 0 Å². The first-order chi connectivity index (χ1) is 9.70. The van der Waals surface area contributed by atoms with E-state index in [1.165, 1.54) is 12.1 Å². The molecule has 1 aromatic carbocycles. The topological polar surface area (TPSA) is 24.5 Å². The summed E-state index contributed by atoms with van der Waals surface area (Å²) in [5.74, 6) is 0.386. The molecule has 1 aliphatic rings. The molecule has 2 rings (SSSR count). The number of benzene rings is 1. The quantitative estimate of drug-likeness (QED) is 0.831. The molecule has 0 spiro atoms. The highest BCUT2D eigenvalue weighted by molar-refractivity contribution is 5.45. The van der Waals surface area contributed by atoms with Crippen LogP contribution in [0.15, 0.2) is 24.3 Å². The van der Waals surface area contributed by atoms with Crippen LogP contribution in [0, 0.1) is 11.7 Å². The van der Waals surface area contributed by atoms with Gasteiger partial charge in [-0.05, 0) is 43.7 Å². The van der Waals surface area contributed by atoms with Gasteiger partial charge in [0.2, 0.25) is 0 Å². The van der Waals surface area contributed by atoms with Gasteiger partial charge in [0, 0.05) is 37.8 Å². The van der Waals surface area contributed by atoms with Gasteiger partial charge in [-0.1, -0.05) is 6.92 Å². The first-order valence-corrected chi connectivity index (χ1v) is 7.48. The van der Waals surface area contributed by atoms with Crippen molar-refractivity contribution in [3.05, 3.63) is 30.1 Å². The lowest BCUT2D eigenvalue weighted by molar-refractivity contribution is 0.177. The van der Waals surface area contributed by atoms with E-state index in [0.29, 0.717) is 12.0 Å². The summed E-state index contributed by atoms with van der Waals surface area (Å²) in [5, 5.41) is 3.63. The van der Waals surface area contributed by atoms with E-state index >= 15 is 0 Å². The second-order valence-electron chi connectivity index (χ2n) is 5.54. The molecule has 1 heterocycles. The Morgan fingerprint density at radius 3 is 2.75 bits per heavy atom. The molecule has 3 nitrogen and oxygen atoms in total. The smallest absolute Gasteiger partial charge is 0.123 e. The van der Waals surface area contributed by atoms with Crippen molar-refractivity contribution in [2.24, 2.45) is 5.92 Å².